The summed E-state index contributed by atoms with van der Waals surface area (Å²) in [5.74, 6) is 0. The molecular formula is C40H36P2Sn. The molecule has 0 aliphatic heterocycles. The number of hydrogen-bond donors (Lipinski definition) is 0. The third-order valence-corrected chi connectivity index (χ3v) is 26.7. The van der Waals surface area contributed by atoms with Gasteiger partial charge in [0.15, 0.2) is 0 Å². The van der Waals surface area contributed by atoms with Crippen molar-refractivity contribution in [2.24, 2.45) is 0 Å². The van der Waals surface area contributed by atoms with Gasteiger partial charge in [0.25, 0.3) is 0 Å². The molecule has 6 rings (SSSR count). The molecule has 43 heavy (non-hydrogen) atoms. The number of allylic oxidation sites excluding steroid dienone is 1. The van der Waals surface area contributed by atoms with Crippen molar-refractivity contribution in [3.8, 4) is 0 Å². The third kappa shape index (κ3) is 6.34. The standard InChI is InChI=1S/2C18H14P.C3H5.CH3.Sn/c2*1-4-10-16(11-5-1)19(17-12-6-2-7-13-17)18-14-8-3-9-15-18;1-3-2;;/h2*1-14H;3H,1-2H2;1H3;. The summed E-state index contributed by atoms with van der Waals surface area (Å²) >= 11 is -3.38. The summed E-state index contributed by atoms with van der Waals surface area (Å²) in [4.78, 5) is 2.64. The van der Waals surface area contributed by atoms with E-state index in [0.717, 1.165) is 4.44 Å². The second-order valence-corrected chi connectivity index (χ2v) is 27.1. The first kappa shape index (κ1) is 29.8. The average Bonchev–Trinajstić information content (AvgIpc) is 3.08. The van der Waals surface area contributed by atoms with E-state index < -0.39 is 34.2 Å². The van der Waals surface area contributed by atoms with Crippen LogP contribution < -0.4 is 39.0 Å². The molecule has 210 valence electrons. The number of hydrogen-bond acceptors (Lipinski definition) is 0. The molecule has 3 heteroatoms. The van der Waals surface area contributed by atoms with E-state index in [4.69, 9.17) is 0 Å². The molecule has 0 aromatic heterocycles. The number of rotatable bonds is 10. The maximum atomic E-state index is 4.34. The molecule has 0 saturated carbocycles. The maximum absolute atomic E-state index is 4.34. The predicted molar refractivity (Wildman–Crippen MR) is 196 cm³/mol. The fourth-order valence-corrected chi connectivity index (χ4v) is 26.1. The predicted octanol–water partition coefficient (Wildman–Crippen LogP) is 6.58. The first-order valence-electron chi connectivity index (χ1n) is 14.8. The SMILES string of the molecule is C=C[CH2][Sn]([CH3])([c]1ccccc1P(c1ccccc1)c1ccccc1)[c]1ccccc1P(c1ccccc1)c1ccccc1. The average molecular weight is 697 g/mol. The van der Waals surface area contributed by atoms with E-state index in [9.17, 15) is 0 Å². The molecule has 6 aromatic carbocycles. The summed E-state index contributed by atoms with van der Waals surface area (Å²) in [6.07, 6.45) is 2.20. The summed E-state index contributed by atoms with van der Waals surface area (Å²) in [6, 6.07) is 63.3. The van der Waals surface area contributed by atoms with Gasteiger partial charge >= 0.3 is 265 Å². The van der Waals surface area contributed by atoms with Crippen molar-refractivity contribution in [1.29, 1.82) is 0 Å². The summed E-state index contributed by atoms with van der Waals surface area (Å²) < 4.78 is 4.21. The van der Waals surface area contributed by atoms with Gasteiger partial charge in [0.2, 0.25) is 0 Å². The summed E-state index contributed by atoms with van der Waals surface area (Å²) in [6.45, 7) is 4.34. The molecule has 0 heterocycles. The van der Waals surface area contributed by atoms with Crippen LogP contribution in [0.25, 0.3) is 0 Å². The van der Waals surface area contributed by atoms with Crippen molar-refractivity contribution in [3.63, 3.8) is 0 Å². The molecule has 0 radical (unpaired) electrons. The summed E-state index contributed by atoms with van der Waals surface area (Å²) in [5.41, 5.74) is 0. The zero-order chi connectivity index (χ0) is 29.5. The van der Waals surface area contributed by atoms with Crippen molar-refractivity contribution < 1.29 is 0 Å². The molecule has 6 aromatic rings. The molecular weight excluding hydrogens is 661 g/mol. The number of benzene rings is 6. The van der Waals surface area contributed by atoms with Gasteiger partial charge in [0, 0.05) is 0 Å². The molecule has 0 amide bonds. The van der Waals surface area contributed by atoms with Gasteiger partial charge in [-0.1, -0.05) is 0 Å². The Morgan fingerprint density at radius 2 is 0.721 bits per heavy atom. The Hall–Kier alpha value is -3.28. The van der Waals surface area contributed by atoms with Gasteiger partial charge in [-0.25, -0.2) is 0 Å². The zero-order valence-corrected chi connectivity index (χ0v) is 29.2. The molecule has 0 bridgehead atoms. The Balaban J connectivity index is 1.60. The Morgan fingerprint density at radius 3 is 1.02 bits per heavy atom. The van der Waals surface area contributed by atoms with Crippen LogP contribution in [0.3, 0.4) is 0 Å². The van der Waals surface area contributed by atoms with Gasteiger partial charge < -0.3 is 0 Å². The monoisotopic (exact) mass is 698 g/mol. The van der Waals surface area contributed by atoms with Gasteiger partial charge in [-0.15, -0.1) is 0 Å². The van der Waals surface area contributed by atoms with Crippen LogP contribution in [0.4, 0.5) is 0 Å². The molecule has 0 aliphatic rings. The first-order valence-corrected chi connectivity index (χ1v) is 25.2. The van der Waals surface area contributed by atoms with E-state index in [1.54, 1.807) is 7.16 Å². The molecule has 0 unspecified atom stereocenters. The van der Waals surface area contributed by atoms with Crippen molar-refractivity contribution in [3.05, 3.63) is 183 Å². The summed E-state index contributed by atoms with van der Waals surface area (Å²) in [7, 11) is -1.44. The summed E-state index contributed by atoms with van der Waals surface area (Å²) in [5, 5.41) is 8.57. The zero-order valence-electron chi connectivity index (χ0n) is 24.6. The quantitative estimate of drug-likeness (QED) is 0.0863. The van der Waals surface area contributed by atoms with Gasteiger partial charge in [-0.2, -0.15) is 0 Å². The fourth-order valence-electron chi connectivity index (χ4n) is 6.09. The van der Waals surface area contributed by atoms with Gasteiger partial charge in [0.05, 0.1) is 0 Å². The normalized spacial score (nSPS) is 11.5. The topological polar surface area (TPSA) is 0 Å². The van der Waals surface area contributed by atoms with Gasteiger partial charge in [-0.05, 0) is 0 Å². The van der Waals surface area contributed by atoms with Crippen LogP contribution in [-0.4, -0.2) is 18.4 Å². The van der Waals surface area contributed by atoms with Crippen molar-refractivity contribution in [1.82, 2.24) is 0 Å². The fraction of sp³-hybridized carbons (Fsp3) is 0.0500. The van der Waals surface area contributed by atoms with Crippen LogP contribution >= 0.6 is 15.8 Å². The second-order valence-electron chi connectivity index (χ2n) is 10.9. The van der Waals surface area contributed by atoms with E-state index >= 15 is 0 Å². The molecule has 0 N–H and O–H groups in total. The Labute approximate surface area is 263 Å². The van der Waals surface area contributed by atoms with Gasteiger partial charge in [-0.3, -0.25) is 0 Å². The van der Waals surface area contributed by atoms with E-state index in [-0.39, 0.29) is 0 Å². The molecule has 0 spiro atoms. The van der Waals surface area contributed by atoms with E-state index in [1.165, 1.54) is 31.8 Å². The van der Waals surface area contributed by atoms with Crippen molar-refractivity contribution >= 4 is 73.2 Å². The second kappa shape index (κ2) is 14.0. The van der Waals surface area contributed by atoms with E-state index in [2.05, 4.69) is 187 Å². The van der Waals surface area contributed by atoms with Gasteiger partial charge in [0.1, 0.15) is 0 Å². The van der Waals surface area contributed by atoms with Crippen molar-refractivity contribution in [2.45, 2.75) is 9.38 Å². The first-order chi connectivity index (χ1) is 21.2. The van der Waals surface area contributed by atoms with E-state index in [1.807, 2.05) is 0 Å². The molecule has 0 nitrogen and oxygen atoms in total. The van der Waals surface area contributed by atoms with Crippen LogP contribution in [-0.2, 0) is 0 Å². The minimum atomic E-state index is -3.38. The third-order valence-electron chi connectivity index (χ3n) is 8.09. The van der Waals surface area contributed by atoms with Crippen LogP contribution in [0.5, 0.6) is 0 Å². The Bertz CT molecular complexity index is 1560. The Morgan fingerprint density at radius 1 is 0.442 bits per heavy atom. The van der Waals surface area contributed by atoms with Crippen LogP contribution in [0.2, 0.25) is 9.38 Å². The van der Waals surface area contributed by atoms with Crippen LogP contribution in [0.1, 0.15) is 0 Å². The van der Waals surface area contributed by atoms with Crippen molar-refractivity contribution in [2.75, 3.05) is 0 Å². The molecule has 0 saturated heterocycles. The Kier molecular flexibility index (Phi) is 9.70. The van der Waals surface area contributed by atoms with Crippen LogP contribution in [0, 0.1) is 0 Å². The molecule has 0 fully saturated rings. The van der Waals surface area contributed by atoms with Crippen LogP contribution in [0.15, 0.2) is 183 Å². The minimum absolute atomic E-state index is 0.721. The molecule has 0 aliphatic carbocycles. The van der Waals surface area contributed by atoms with E-state index in [0.29, 0.717) is 0 Å². The molecule has 0 atom stereocenters.